The molecular weight excluding hydrogens is 374 g/mol. The first-order valence-corrected chi connectivity index (χ1v) is 10.0. The summed E-state index contributed by atoms with van der Waals surface area (Å²) in [5.41, 5.74) is 2.33. The van der Waals surface area contributed by atoms with Crippen LogP contribution in [0.15, 0.2) is 42.5 Å². The van der Waals surface area contributed by atoms with Crippen LogP contribution in [0.5, 0.6) is 0 Å². The van der Waals surface area contributed by atoms with E-state index >= 15 is 0 Å². The van der Waals surface area contributed by atoms with Crippen LogP contribution >= 0.6 is 0 Å². The number of hydrogen-bond acceptors (Lipinski definition) is 4. The number of carbonyl (C=O) groups is 2. The van der Waals surface area contributed by atoms with Gasteiger partial charge in [0, 0.05) is 18.7 Å². The Bertz CT molecular complexity index is 892. The highest BCUT2D eigenvalue weighted by atomic mass is 19.1. The van der Waals surface area contributed by atoms with Gasteiger partial charge in [-0.1, -0.05) is 6.07 Å². The Labute approximate surface area is 169 Å². The number of fused-ring (bicyclic) bond motifs is 1. The molecule has 4 nitrogen and oxygen atoms in total. The highest BCUT2D eigenvalue weighted by Gasteiger charge is 2.32. The van der Waals surface area contributed by atoms with Gasteiger partial charge in [-0.25, -0.2) is 8.78 Å². The Morgan fingerprint density at radius 2 is 1.72 bits per heavy atom. The second-order valence-electron chi connectivity index (χ2n) is 8.00. The molecule has 2 aromatic rings. The van der Waals surface area contributed by atoms with E-state index in [9.17, 15) is 18.4 Å². The summed E-state index contributed by atoms with van der Waals surface area (Å²) in [4.78, 5) is 28.3. The minimum Gasteiger partial charge on any atom is -0.301 e. The molecule has 0 bridgehead atoms. The van der Waals surface area contributed by atoms with Gasteiger partial charge in [-0.15, -0.1) is 0 Å². The predicted octanol–water partition coefficient (Wildman–Crippen LogP) is 3.62. The molecule has 2 aliphatic rings. The van der Waals surface area contributed by atoms with Gasteiger partial charge in [0.1, 0.15) is 17.9 Å². The fourth-order valence-corrected chi connectivity index (χ4v) is 4.44. The summed E-state index contributed by atoms with van der Waals surface area (Å²) < 4.78 is 26.5. The lowest BCUT2D eigenvalue weighted by atomic mass is 9.95. The summed E-state index contributed by atoms with van der Waals surface area (Å²) in [5.74, 6) is -0.174. The Balaban J connectivity index is 1.29. The molecule has 0 aromatic heterocycles. The summed E-state index contributed by atoms with van der Waals surface area (Å²) in [6.45, 7) is 3.36. The number of ketones is 1. The minimum atomic E-state index is -0.345. The third-order valence-corrected chi connectivity index (χ3v) is 6.05. The van der Waals surface area contributed by atoms with Crippen molar-refractivity contribution in [3.05, 3.63) is 70.8 Å². The van der Waals surface area contributed by atoms with Crippen LogP contribution < -0.4 is 0 Å². The number of aldehydes is 1. The molecule has 4 rings (SSSR count). The SMILES string of the molecule is O=CC1c2ccc(F)cc2CN1CC1CCN(CC(=O)c2ccc(F)cc2)CC1. The van der Waals surface area contributed by atoms with Crippen molar-refractivity contribution in [3.63, 3.8) is 0 Å². The van der Waals surface area contributed by atoms with Crippen molar-refractivity contribution in [2.45, 2.75) is 25.4 Å². The maximum Gasteiger partial charge on any atom is 0.176 e. The second kappa shape index (κ2) is 8.51. The number of piperidine rings is 1. The predicted molar refractivity (Wildman–Crippen MR) is 106 cm³/mol. The Hall–Kier alpha value is -2.44. The Morgan fingerprint density at radius 3 is 2.41 bits per heavy atom. The standard InChI is InChI=1S/C23H24F2N2O2/c24-19-3-1-17(2-4-19)23(29)14-26-9-7-16(8-10-26)12-27-13-18-11-20(25)5-6-21(18)22(27)15-28/h1-6,11,15-16,22H,7-10,12-14H2. The second-order valence-corrected chi connectivity index (χ2v) is 8.00. The number of hydrogen-bond donors (Lipinski definition) is 0. The van der Waals surface area contributed by atoms with E-state index in [0.717, 1.165) is 49.9 Å². The van der Waals surface area contributed by atoms with Crippen LogP contribution in [-0.4, -0.2) is 48.0 Å². The normalized spacial score (nSPS) is 20.6. The fraction of sp³-hybridized carbons (Fsp3) is 0.391. The van der Waals surface area contributed by atoms with Gasteiger partial charge in [0.25, 0.3) is 0 Å². The smallest absolute Gasteiger partial charge is 0.176 e. The van der Waals surface area contributed by atoms with E-state index in [2.05, 4.69) is 9.80 Å². The van der Waals surface area contributed by atoms with E-state index in [-0.39, 0.29) is 23.5 Å². The average molecular weight is 398 g/mol. The van der Waals surface area contributed by atoms with Crippen LogP contribution in [0, 0.1) is 17.6 Å². The van der Waals surface area contributed by atoms with Gasteiger partial charge in [0.15, 0.2) is 5.78 Å². The third kappa shape index (κ3) is 4.43. The van der Waals surface area contributed by atoms with Crippen LogP contribution in [0.3, 0.4) is 0 Å². The summed E-state index contributed by atoms with van der Waals surface area (Å²) in [7, 11) is 0. The average Bonchev–Trinajstić information content (AvgIpc) is 3.05. The van der Waals surface area contributed by atoms with Gasteiger partial charge in [-0.05, 0) is 79.4 Å². The first-order chi connectivity index (χ1) is 14.0. The molecule has 0 amide bonds. The van der Waals surface area contributed by atoms with E-state index in [1.165, 1.54) is 36.4 Å². The van der Waals surface area contributed by atoms with Gasteiger partial charge < -0.3 is 4.79 Å². The highest BCUT2D eigenvalue weighted by molar-refractivity contribution is 5.97. The molecule has 2 aliphatic heterocycles. The third-order valence-electron chi connectivity index (χ3n) is 6.05. The van der Waals surface area contributed by atoms with Crippen molar-refractivity contribution in [2.24, 2.45) is 5.92 Å². The van der Waals surface area contributed by atoms with Crippen LogP contribution in [0.4, 0.5) is 8.78 Å². The number of benzene rings is 2. The van der Waals surface area contributed by atoms with Crippen LogP contribution in [0.1, 0.15) is 40.4 Å². The van der Waals surface area contributed by atoms with E-state index in [1.807, 2.05) is 0 Å². The molecular formula is C23H24F2N2O2. The monoisotopic (exact) mass is 398 g/mol. The lowest BCUT2D eigenvalue weighted by Crippen LogP contribution is -2.40. The van der Waals surface area contributed by atoms with E-state index in [0.29, 0.717) is 24.6 Å². The summed E-state index contributed by atoms with van der Waals surface area (Å²) in [6.07, 6.45) is 2.84. The first-order valence-electron chi connectivity index (χ1n) is 10.0. The number of halogens is 2. The van der Waals surface area contributed by atoms with Crippen LogP contribution in [0.25, 0.3) is 0 Å². The van der Waals surface area contributed by atoms with Gasteiger partial charge >= 0.3 is 0 Å². The van der Waals surface area contributed by atoms with Gasteiger partial charge in [0.05, 0.1) is 12.6 Å². The number of carbonyl (C=O) groups excluding carboxylic acids is 2. The molecule has 1 fully saturated rings. The van der Waals surface area contributed by atoms with Gasteiger partial charge in [-0.3, -0.25) is 14.6 Å². The summed E-state index contributed by atoms with van der Waals surface area (Å²) >= 11 is 0. The quantitative estimate of drug-likeness (QED) is 0.551. The Morgan fingerprint density at radius 1 is 1.03 bits per heavy atom. The lowest BCUT2D eigenvalue weighted by Gasteiger charge is -2.34. The molecule has 2 aromatic carbocycles. The minimum absolute atomic E-state index is 0.00138. The van der Waals surface area contributed by atoms with Crippen molar-refractivity contribution in [1.82, 2.24) is 9.80 Å². The number of rotatable bonds is 6. The zero-order valence-electron chi connectivity index (χ0n) is 16.2. The molecule has 29 heavy (non-hydrogen) atoms. The van der Waals surface area contributed by atoms with E-state index < -0.39 is 0 Å². The van der Waals surface area contributed by atoms with Crippen molar-refractivity contribution < 1.29 is 18.4 Å². The fourth-order valence-electron chi connectivity index (χ4n) is 4.44. The van der Waals surface area contributed by atoms with Gasteiger partial charge in [0.2, 0.25) is 0 Å². The van der Waals surface area contributed by atoms with Crippen LogP contribution in [-0.2, 0) is 11.3 Å². The van der Waals surface area contributed by atoms with Crippen LogP contribution in [0.2, 0.25) is 0 Å². The highest BCUT2D eigenvalue weighted by Crippen LogP contribution is 2.34. The molecule has 1 atom stereocenters. The molecule has 0 radical (unpaired) electrons. The summed E-state index contributed by atoms with van der Waals surface area (Å²) in [5, 5.41) is 0. The van der Waals surface area contributed by atoms with Crippen molar-refractivity contribution in [3.8, 4) is 0 Å². The number of nitrogens with zero attached hydrogens (tertiary/aromatic N) is 2. The molecule has 0 N–H and O–H groups in total. The maximum atomic E-state index is 13.5. The van der Waals surface area contributed by atoms with Crippen molar-refractivity contribution in [1.29, 1.82) is 0 Å². The zero-order valence-corrected chi connectivity index (χ0v) is 16.2. The topological polar surface area (TPSA) is 40.6 Å². The van der Waals surface area contributed by atoms with Crippen molar-refractivity contribution in [2.75, 3.05) is 26.2 Å². The molecule has 0 spiro atoms. The zero-order chi connectivity index (χ0) is 20.4. The maximum absolute atomic E-state index is 13.5. The summed E-state index contributed by atoms with van der Waals surface area (Å²) in [6, 6.07) is 10.0. The molecule has 152 valence electrons. The largest absolute Gasteiger partial charge is 0.301 e. The number of Topliss-reactive ketones (excluding diaryl/α,β-unsaturated/α-hetero) is 1. The molecule has 2 heterocycles. The molecule has 0 aliphatic carbocycles. The first kappa shape index (κ1) is 19.9. The molecule has 1 saturated heterocycles. The van der Waals surface area contributed by atoms with Crippen molar-refractivity contribution >= 4 is 12.1 Å². The lowest BCUT2D eigenvalue weighted by molar-refractivity contribution is -0.112. The molecule has 6 heteroatoms. The van der Waals surface area contributed by atoms with Gasteiger partial charge in [-0.2, -0.15) is 0 Å². The molecule has 1 unspecified atom stereocenters. The van der Waals surface area contributed by atoms with E-state index in [1.54, 1.807) is 6.07 Å². The number of likely N-dealkylation sites (tertiary alicyclic amines) is 1. The Kier molecular flexibility index (Phi) is 5.83. The molecule has 0 saturated carbocycles. The van der Waals surface area contributed by atoms with E-state index in [4.69, 9.17) is 0 Å².